The van der Waals surface area contributed by atoms with Gasteiger partial charge in [0.2, 0.25) is 0 Å². The summed E-state index contributed by atoms with van der Waals surface area (Å²) in [7, 11) is 0. The second-order valence-corrected chi connectivity index (χ2v) is 6.47. The van der Waals surface area contributed by atoms with Crippen molar-refractivity contribution in [1.29, 1.82) is 0 Å². The first-order valence-electron chi connectivity index (χ1n) is 7.68. The fraction of sp³-hybridized carbons (Fsp3) is 0.211. The van der Waals surface area contributed by atoms with Crippen molar-refractivity contribution in [3.8, 4) is 0 Å². The summed E-state index contributed by atoms with van der Waals surface area (Å²) < 4.78 is 26.5. The zero-order valence-electron chi connectivity index (χ0n) is 13.5. The summed E-state index contributed by atoms with van der Waals surface area (Å²) in [5, 5.41) is 3.76. The third kappa shape index (κ3) is 3.15. The van der Waals surface area contributed by atoms with Crippen LogP contribution >= 0.6 is 0 Å². The molecule has 5 heteroatoms. The summed E-state index contributed by atoms with van der Waals surface area (Å²) in [5.74, 6) is -1.07. The molecule has 0 radical (unpaired) electrons. The number of carbonyl (C=O) groups excluding carboxylic acids is 1. The SMILES string of the molecule is CC(C)(CNC(=O)c1cccc(F)c1)c1c[nH]c2cc(F)ccc12. The van der Waals surface area contributed by atoms with Crippen LogP contribution in [0, 0.1) is 11.6 Å². The number of aromatic amines is 1. The first kappa shape index (κ1) is 16.2. The van der Waals surface area contributed by atoms with Gasteiger partial charge in [0.15, 0.2) is 0 Å². The number of benzene rings is 2. The smallest absolute Gasteiger partial charge is 0.251 e. The van der Waals surface area contributed by atoms with Crippen molar-refractivity contribution in [1.82, 2.24) is 10.3 Å². The molecule has 1 amide bonds. The van der Waals surface area contributed by atoms with E-state index in [1.54, 1.807) is 12.1 Å². The van der Waals surface area contributed by atoms with E-state index < -0.39 is 5.82 Å². The fourth-order valence-corrected chi connectivity index (χ4v) is 2.79. The number of amides is 1. The van der Waals surface area contributed by atoms with E-state index in [-0.39, 0.29) is 22.7 Å². The largest absolute Gasteiger partial charge is 0.361 e. The van der Waals surface area contributed by atoms with Gasteiger partial charge in [0.25, 0.3) is 5.91 Å². The van der Waals surface area contributed by atoms with Crippen molar-refractivity contribution in [2.24, 2.45) is 0 Å². The lowest BCUT2D eigenvalue weighted by atomic mass is 9.84. The summed E-state index contributed by atoms with van der Waals surface area (Å²) in [6, 6.07) is 10.2. The van der Waals surface area contributed by atoms with E-state index in [1.165, 1.54) is 30.3 Å². The normalized spacial score (nSPS) is 11.7. The van der Waals surface area contributed by atoms with E-state index in [0.29, 0.717) is 6.54 Å². The Morgan fingerprint density at radius 3 is 2.62 bits per heavy atom. The van der Waals surface area contributed by atoms with Crippen molar-refractivity contribution >= 4 is 16.8 Å². The molecule has 1 heterocycles. The lowest BCUT2D eigenvalue weighted by Crippen LogP contribution is -2.36. The third-order valence-corrected chi connectivity index (χ3v) is 4.15. The Balaban J connectivity index is 1.79. The van der Waals surface area contributed by atoms with Crippen LogP contribution in [0.5, 0.6) is 0 Å². The summed E-state index contributed by atoms with van der Waals surface area (Å²) in [6.45, 7) is 4.35. The number of hydrogen-bond donors (Lipinski definition) is 2. The summed E-state index contributed by atoms with van der Waals surface area (Å²) in [6.07, 6.45) is 1.83. The molecule has 0 aliphatic carbocycles. The second kappa shape index (κ2) is 6.07. The Bertz CT molecular complexity index is 899. The zero-order valence-corrected chi connectivity index (χ0v) is 13.5. The Hall–Kier alpha value is -2.69. The molecule has 2 aromatic carbocycles. The van der Waals surface area contributed by atoms with Crippen LogP contribution in [0.2, 0.25) is 0 Å². The molecular formula is C19H18F2N2O. The zero-order chi connectivity index (χ0) is 17.3. The Morgan fingerprint density at radius 1 is 1.12 bits per heavy atom. The van der Waals surface area contributed by atoms with Crippen LogP contribution in [0.25, 0.3) is 10.9 Å². The van der Waals surface area contributed by atoms with Gasteiger partial charge >= 0.3 is 0 Å². The minimum Gasteiger partial charge on any atom is -0.361 e. The first-order valence-corrected chi connectivity index (χ1v) is 7.68. The van der Waals surface area contributed by atoms with Gasteiger partial charge in [-0.2, -0.15) is 0 Å². The molecule has 1 aromatic heterocycles. The van der Waals surface area contributed by atoms with Crippen LogP contribution in [-0.2, 0) is 5.41 Å². The molecule has 0 saturated carbocycles. The number of nitrogens with one attached hydrogen (secondary N) is 2. The molecule has 0 unspecified atom stereocenters. The van der Waals surface area contributed by atoms with Gasteiger partial charge in [0.05, 0.1) is 0 Å². The standard InChI is InChI=1S/C19H18F2N2O/c1-19(2,11-23-18(24)12-4-3-5-13(20)8-12)16-10-22-17-9-14(21)6-7-15(16)17/h3-10,22H,11H2,1-2H3,(H,23,24). The molecule has 2 N–H and O–H groups in total. The van der Waals surface area contributed by atoms with Gasteiger partial charge in [-0.3, -0.25) is 4.79 Å². The third-order valence-electron chi connectivity index (χ3n) is 4.15. The van der Waals surface area contributed by atoms with Crippen LogP contribution in [-0.4, -0.2) is 17.4 Å². The highest BCUT2D eigenvalue weighted by Gasteiger charge is 2.25. The van der Waals surface area contributed by atoms with Crippen molar-refractivity contribution in [2.45, 2.75) is 19.3 Å². The fourth-order valence-electron chi connectivity index (χ4n) is 2.79. The number of carbonyl (C=O) groups is 1. The molecule has 0 spiro atoms. The molecule has 0 atom stereocenters. The molecule has 0 saturated heterocycles. The highest BCUT2D eigenvalue weighted by atomic mass is 19.1. The van der Waals surface area contributed by atoms with Gasteiger partial charge in [-0.25, -0.2) is 8.78 Å². The van der Waals surface area contributed by atoms with Gasteiger partial charge < -0.3 is 10.3 Å². The number of H-pyrrole nitrogens is 1. The average molecular weight is 328 g/mol. The van der Waals surface area contributed by atoms with Gasteiger partial charge in [0, 0.05) is 34.6 Å². The van der Waals surface area contributed by atoms with E-state index in [2.05, 4.69) is 10.3 Å². The van der Waals surface area contributed by atoms with E-state index >= 15 is 0 Å². The maximum Gasteiger partial charge on any atom is 0.251 e. The molecule has 0 fully saturated rings. The van der Waals surface area contributed by atoms with Gasteiger partial charge in [-0.05, 0) is 42.0 Å². The maximum atomic E-state index is 13.3. The Morgan fingerprint density at radius 2 is 1.88 bits per heavy atom. The predicted molar refractivity (Wildman–Crippen MR) is 90.0 cm³/mol. The van der Waals surface area contributed by atoms with E-state index in [1.807, 2.05) is 20.0 Å². The van der Waals surface area contributed by atoms with Gasteiger partial charge in [-0.15, -0.1) is 0 Å². The number of rotatable bonds is 4. The van der Waals surface area contributed by atoms with Gasteiger partial charge in [-0.1, -0.05) is 19.9 Å². The number of aromatic nitrogens is 1. The second-order valence-electron chi connectivity index (χ2n) is 6.47. The van der Waals surface area contributed by atoms with Crippen molar-refractivity contribution in [2.75, 3.05) is 6.54 Å². The minimum atomic E-state index is -0.444. The van der Waals surface area contributed by atoms with E-state index in [0.717, 1.165) is 16.5 Å². The highest BCUT2D eigenvalue weighted by molar-refractivity contribution is 5.94. The molecule has 3 rings (SSSR count). The molecule has 24 heavy (non-hydrogen) atoms. The number of hydrogen-bond acceptors (Lipinski definition) is 1. The predicted octanol–water partition coefficient (Wildman–Crippen LogP) is 4.15. The van der Waals surface area contributed by atoms with Crippen LogP contribution in [0.1, 0.15) is 29.8 Å². The van der Waals surface area contributed by atoms with Crippen LogP contribution in [0.15, 0.2) is 48.7 Å². The highest BCUT2D eigenvalue weighted by Crippen LogP contribution is 2.30. The number of fused-ring (bicyclic) bond motifs is 1. The van der Waals surface area contributed by atoms with Crippen molar-refractivity contribution in [3.63, 3.8) is 0 Å². The first-order chi connectivity index (χ1) is 11.4. The molecule has 3 nitrogen and oxygen atoms in total. The molecule has 0 aliphatic heterocycles. The topological polar surface area (TPSA) is 44.9 Å². The van der Waals surface area contributed by atoms with E-state index in [4.69, 9.17) is 0 Å². The van der Waals surface area contributed by atoms with Gasteiger partial charge in [0.1, 0.15) is 11.6 Å². The summed E-state index contributed by atoms with van der Waals surface area (Å²) in [4.78, 5) is 15.2. The molecule has 0 aliphatic rings. The van der Waals surface area contributed by atoms with Crippen LogP contribution < -0.4 is 5.32 Å². The average Bonchev–Trinajstić information content (AvgIpc) is 2.96. The summed E-state index contributed by atoms with van der Waals surface area (Å²) in [5.41, 5.74) is 1.61. The molecule has 124 valence electrons. The molecule has 0 bridgehead atoms. The Kier molecular flexibility index (Phi) is 4.09. The lowest BCUT2D eigenvalue weighted by molar-refractivity contribution is 0.0945. The Labute approximate surface area is 138 Å². The lowest BCUT2D eigenvalue weighted by Gasteiger charge is -2.25. The van der Waals surface area contributed by atoms with Crippen molar-refractivity contribution in [3.05, 3.63) is 71.4 Å². The quantitative estimate of drug-likeness (QED) is 0.742. The summed E-state index contributed by atoms with van der Waals surface area (Å²) >= 11 is 0. The van der Waals surface area contributed by atoms with E-state index in [9.17, 15) is 13.6 Å². The molecular weight excluding hydrogens is 310 g/mol. The van der Waals surface area contributed by atoms with Crippen LogP contribution in [0.4, 0.5) is 8.78 Å². The molecule has 3 aromatic rings. The van der Waals surface area contributed by atoms with Crippen LogP contribution in [0.3, 0.4) is 0 Å². The monoisotopic (exact) mass is 328 g/mol. The maximum absolute atomic E-state index is 13.3. The van der Waals surface area contributed by atoms with Crippen molar-refractivity contribution < 1.29 is 13.6 Å². The number of halogens is 2. The minimum absolute atomic E-state index is 0.284.